The highest BCUT2D eigenvalue weighted by Crippen LogP contribution is 2.44. The van der Waals surface area contributed by atoms with Crippen LogP contribution in [0.25, 0.3) is 11.1 Å². The molecule has 1 aliphatic rings. The quantitative estimate of drug-likeness (QED) is 0.502. The number of hydrogen-bond donors (Lipinski definition) is 3. The lowest BCUT2D eigenvalue weighted by Crippen LogP contribution is -2.35. The Morgan fingerprint density at radius 2 is 1.58 bits per heavy atom. The number of carbonyl (C=O) groups excluding carboxylic acids is 2. The topological polar surface area (TPSA) is 105 Å². The first kappa shape index (κ1) is 24.3. The number of alkyl carbamates (subject to hydrolysis) is 1. The number of hydrogen-bond acceptors (Lipinski definition) is 4. The Balaban J connectivity index is 1.41. The van der Waals surface area contributed by atoms with Crippen LogP contribution in [0.15, 0.2) is 48.5 Å². The van der Waals surface area contributed by atoms with E-state index >= 15 is 0 Å². The maximum absolute atomic E-state index is 12.3. The van der Waals surface area contributed by atoms with Gasteiger partial charge >= 0.3 is 12.1 Å². The summed E-state index contributed by atoms with van der Waals surface area (Å²) < 4.78 is 5.51. The number of benzene rings is 2. The maximum atomic E-state index is 12.3. The highest BCUT2D eigenvalue weighted by Gasteiger charge is 2.29. The van der Waals surface area contributed by atoms with E-state index in [2.05, 4.69) is 34.9 Å². The van der Waals surface area contributed by atoms with Gasteiger partial charge in [-0.1, -0.05) is 55.5 Å². The van der Waals surface area contributed by atoms with Crippen molar-refractivity contribution < 1.29 is 24.2 Å². The first-order chi connectivity index (χ1) is 15.7. The third-order valence-corrected chi connectivity index (χ3v) is 6.12. The van der Waals surface area contributed by atoms with E-state index in [1.165, 1.54) is 11.1 Å². The average Bonchev–Trinajstić information content (AvgIpc) is 3.10. The minimum Gasteiger partial charge on any atom is -0.481 e. The van der Waals surface area contributed by atoms with Crippen LogP contribution < -0.4 is 10.6 Å². The van der Waals surface area contributed by atoms with Crippen LogP contribution in [0.5, 0.6) is 0 Å². The summed E-state index contributed by atoms with van der Waals surface area (Å²) in [6.07, 6.45) is 0.0739. The van der Waals surface area contributed by atoms with E-state index in [0.29, 0.717) is 19.5 Å². The molecule has 3 rings (SSSR count). The number of amides is 2. The summed E-state index contributed by atoms with van der Waals surface area (Å²) in [4.78, 5) is 35.5. The highest BCUT2D eigenvalue weighted by molar-refractivity contribution is 5.79. The Bertz CT molecular complexity index is 972. The van der Waals surface area contributed by atoms with E-state index in [-0.39, 0.29) is 30.8 Å². The molecule has 7 nitrogen and oxygen atoms in total. The molecule has 0 saturated carbocycles. The van der Waals surface area contributed by atoms with E-state index in [1.807, 2.05) is 31.2 Å². The Hall–Kier alpha value is -3.35. The summed E-state index contributed by atoms with van der Waals surface area (Å²) >= 11 is 0. The Labute approximate surface area is 194 Å². The molecular weight excluding hydrogens is 420 g/mol. The van der Waals surface area contributed by atoms with Gasteiger partial charge in [0.25, 0.3) is 0 Å². The second kappa shape index (κ2) is 10.5. The summed E-state index contributed by atoms with van der Waals surface area (Å²) in [5.41, 5.74) is 3.78. The van der Waals surface area contributed by atoms with Crippen molar-refractivity contribution in [1.29, 1.82) is 0 Å². The zero-order chi connectivity index (χ0) is 24.0. The molecule has 0 spiro atoms. The van der Waals surface area contributed by atoms with E-state index in [1.54, 1.807) is 13.8 Å². The summed E-state index contributed by atoms with van der Waals surface area (Å²) in [5, 5.41) is 14.6. The van der Waals surface area contributed by atoms with Crippen molar-refractivity contribution >= 4 is 18.0 Å². The number of ether oxygens (including phenoxy) is 1. The fourth-order valence-electron chi connectivity index (χ4n) is 3.99. The van der Waals surface area contributed by atoms with E-state index in [4.69, 9.17) is 9.84 Å². The summed E-state index contributed by atoms with van der Waals surface area (Å²) in [6, 6.07) is 16.3. The van der Waals surface area contributed by atoms with Gasteiger partial charge in [0.15, 0.2) is 0 Å². The summed E-state index contributed by atoms with van der Waals surface area (Å²) in [5.74, 6) is -1.14. The highest BCUT2D eigenvalue weighted by atomic mass is 16.5. The molecule has 0 bridgehead atoms. The van der Waals surface area contributed by atoms with Crippen LogP contribution in [-0.4, -0.2) is 42.8 Å². The first-order valence-electron chi connectivity index (χ1n) is 11.3. The number of nitrogens with one attached hydrogen (secondary N) is 2. The molecule has 0 fully saturated rings. The predicted octanol–water partition coefficient (Wildman–Crippen LogP) is 4.17. The number of aliphatic carboxylic acids is 1. The average molecular weight is 453 g/mol. The van der Waals surface area contributed by atoms with Crippen molar-refractivity contribution in [3.63, 3.8) is 0 Å². The van der Waals surface area contributed by atoms with Crippen LogP contribution in [0.3, 0.4) is 0 Å². The zero-order valence-corrected chi connectivity index (χ0v) is 19.4. The van der Waals surface area contributed by atoms with Gasteiger partial charge in [0.2, 0.25) is 5.91 Å². The second-order valence-electron chi connectivity index (χ2n) is 9.30. The predicted molar refractivity (Wildman–Crippen MR) is 126 cm³/mol. The molecule has 176 valence electrons. The van der Waals surface area contributed by atoms with Crippen LogP contribution in [0.4, 0.5) is 4.79 Å². The zero-order valence-electron chi connectivity index (χ0n) is 19.4. The lowest BCUT2D eigenvalue weighted by molar-refractivity contribution is -0.147. The van der Waals surface area contributed by atoms with Crippen LogP contribution in [0, 0.1) is 11.3 Å². The molecule has 2 aromatic rings. The molecule has 0 heterocycles. The van der Waals surface area contributed by atoms with Gasteiger partial charge in [-0.2, -0.15) is 0 Å². The van der Waals surface area contributed by atoms with Gasteiger partial charge in [0.1, 0.15) is 6.61 Å². The Morgan fingerprint density at radius 3 is 2.15 bits per heavy atom. The normalized spacial score (nSPS) is 13.5. The second-order valence-corrected chi connectivity index (χ2v) is 9.30. The number of fused-ring (bicyclic) bond motifs is 3. The minimum atomic E-state index is -0.891. The molecule has 2 aromatic carbocycles. The number of carboxylic acid groups (broad SMARTS) is 1. The maximum Gasteiger partial charge on any atom is 0.407 e. The molecule has 3 N–H and O–H groups in total. The molecule has 0 aliphatic heterocycles. The molecule has 1 aliphatic carbocycles. The van der Waals surface area contributed by atoms with Crippen LogP contribution >= 0.6 is 0 Å². The fourth-order valence-corrected chi connectivity index (χ4v) is 3.99. The van der Waals surface area contributed by atoms with Gasteiger partial charge in [-0.15, -0.1) is 0 Å². The number of rotatable bonds is 10. The first-order valence-corrected chi connectivity index (χ1v) is 11.3. The summed E-state index contributed by atoms with van der Waals surface area (Å²) in [7, 11) is 0. The Morgan fingerprint density at radius 1 is 1.00 bits per heavy atom. The molecule has 33 heavy (non-hydrogen) atoms. The summed E-state index contributed by atoms with van der Waals surface area (Å²) in [6.45, 7) is 5.97. The van der Waals surface area contributed by atoms with Gasteiger partial charge in [-0.25, -0.2) is 4.79 Å². The molecule has 0 aromatic heterocycles. The SMILES string of the molecule is CC(CNC(=O)OCC1c2ccccc2-c2ccccc21)CC(=O)NCCC(C)(C)C(=O)O. The molecule has 1 unspecified atom stereocenters. The largest absolute Gasteiger partial charge is 0.481 e. The van der Waals surface area contributed by atoms with E-state index in [0.717, 1.165) is 11.1 Å². The van der Waals surface area contributed by atoms with Crippen molar-refractivity contribution in [1.82, 2.24) is 10.6 Å². The van der Waals surface area contributed by atoms with Crippen molar-refractivity contribution in [2.24, 2.45) is 11.3 Å². The smallest absolute Gasteiger partial charge is 0.407 e. The third kappa shape index (κ3) is 6.12. The molecule has 7 heteroatoms. The standard InChI is InChI=1S/C26H32N2O5/c1-17(14-23(29)27-13-12-26(2,3)24(30)31)15-28-25(32)33-16-22-20-10-6-4-8-18(20)19-9-5-7-11-21(19)22/h4-11,17,22H,12-16H2,1-3H3,(H,27,29)(H,28,32)(H,30,31). The molecular formula is C26H32N2O5. The van der Waals surface area contributed by atoms with Crippen LogP contribution in [0.2, 0.25) is 0 Å². The van der Waals surface area contributed by atoms with Gasteiger partial charge in [0, 0.05) is 25.4 Å². The van der Waals surface area contributed by atoms with Gasteiger partial charge < -0.3 is 20.5 Å². The fraction of sp³-hybridized carbons (Fsp3) is 0.423. The van der Waals surface area contributed by atoms with Crippen molar-refractivity contribution in [3.8, 4) is 11.1 Å². The lowest BCUT2D eigenvalue weighted by Gasteiger charge is -2.19. The molecule has 2 amide bonds. The molecule has 0 saturated heterocycles. The van der Waals surface area contributed by atoms with Crippen LogP contribution in [0.1, 0.15) is 50.7 Å². The lowest BCUT2D eigenvalue weighted by atomic mass is 9.89. The van der Waals surface area contributed by atoms with E-state index < -0.39 is 17.5 Å². The Kier molecular flexibility index (Phi) is 7.74. The molecule has 0 radical (unpaired) electrons. The third-order valence-electron chi connectivity index (χ3n) is 6.12. The van der Waals surface area contributed by atoms with Crippen LogP contribution in [-0.2, 0) is 14.3 Å². The number of carbonyl (C=O) groups is 3. The number of carboxylic acids is 1. The van der Waals surface area contributed by atoms with Gasteiger partial charge in [0.05, 0.1) is 5.41 Å². The van der Waals surface area contributed by atoms with E-state index in [9.17, 15) is 14.4 Å². The monoisotopic (exact) mass is 452 g/mol. The van der Waals surface area contributed by atoms with Gasteiger partial charge in [-0.3, -0.25) is 9.59 Å². The van der Waals surface area contributed by atoms with Crippen molar-refractivity contribution in [3.05, 3.63) is 59.7 Å². The minimum absolute atomic E-state index is 0.00130. The van der Waals surface area contributed by atoms with Crippen molar-refractivity contribution in [2.45, 2.75) is 39.5 Å². The van der Waals surface area contributed by atoms with Crippen molar-refractivity contribution in [2.75, 3.05) is 19.7 Å². The molecule has 1 atom stereocenters. The van der Waals surface area contributed by atoms with Gasteiger partial charge in [-0.05, 0) is 48.4 Å².